The highest BCUT2D eigenvalue weighted by Crippen LogP contribution is 2.68. The van der Waals surface area contributed by atoms with Crippen LogP contribution in [0.2, 0.25) is 0 Å². The van der Waals surface area contributed by atoms with Gasteiger partial charge in [0.25, 0.3) is 0 Å². The van der Waals surface area contributed by atoms with Gasteiger partial charge in [0.2, 0.25) is 0 Å². The van der Waals surface area contributed by atoms with Crippen LogP contribution >= 0.6 is 0 Å². The van der Waals surface area contributed by atoms with E-state index in [1.54, 1.807) is 6.42 Å². The highest BCUT2D eigenvalue weighted by molar-refractivity contribution is 5.33. The Balaban J connectivity index is 2.26. The smallest absolute Gasteiger partial charge is 0.0382 e. The molecule has 1 heteroatoms. The summed E-state index contributed by atoms with van der Waals surface area (Å²) in [5, 5.41) is 0. The first-order valence-electron chi connectivity index (χ1n) is 2.67. The van der Waals surface area contributed by atoms with E-state index in [0.717, 1.165) is 5.54 Å². The largest absolute Gasteiger partial charge is 0.294 e. The van der Waals surface area contributed by atoms with Crippen LogP contribution in [0.4, 0.5) is 0 Å². The van der Waals surface area contributed by atoms with E-state index in [0.29, 0.717) is 0 Å². The van der Waals surface area contributed by atoms with Crippen molar-refractivity contribution in [3.05, 3.63) is 0 Å². The van der Waals surface area contributed by atoms with Crippen molar-refractivity contribution < 1.29 is 0 Å². The maximum Gasteiger partial charge on any atom is 0.0382 e. The Labute approximate surface area is 36.9 Å². The molecule has 0 N–H and O–H groups in total. The summed E-state index contributed by atoms with van der Waals surface area (Å²) in [4.78, 5) is 2.57. The summed E-state index contributed by atoms with van der Waals surface area (Å²) in [6.07, 6.45) is 1.55. The van der Waals surface area contributed by atoms with Gasteiger partial charge in [0.15, 0.2) is 0 Å². The van der Waals surface area contributed by atoms with Crippen LogP contribution in [-0.2, 0) is 0 Å². The Hall–Kier alpha value is -0.0400. The van der Waals surface area contributed by atoms with Crippen molar-refractivity contribution in [2.45, 2.75) is 12.0 Å². The lowest BCUT2D eigenvalue weighted by atomic mass is 10.3. The van der Waals surface area contributed by atoms with E-state index in [1.165, 1.54) is 19.0 Å². The Morgan fingerprint density at radius 2 is 2.67 bits per heavy atom. The highest BCUT2D eigenvalue weighted by atomic mass is 15.5. The van der Waals surface area contributed by atoms with Gasteiger partial charge in [0, 0.05) is 18.6 Å². The van der Waals surface area contributed by atoms with Gasteiger partial charge in [-0.3, -0.25) is 4.90 Å². The van der Waals surface area contributed by atoms with Gasteiger partial charge in [-0.2, -0.15) is 0 Å². The zero-order valence-electron chi connectivity index (χ0n) is 3.65. The molecule has 2 aliphatic heterocycles. The minimum atomic E-state index is 0.889. The SMILES string of the molecule is C1C2C[C@@]23CN13. The quantitative estimate of drug-likeness (QED) is 0.373. The molecule has 0 radical (unpaired) electrons. The number of rotatable bonds is 0. The second-order valence-corrected chi connectivity index (χ2v) is 2.89. The van der Waals surface area contributed by atoms with E-state index in [9.17, 15) is 0 Å². The fraction of sp³-hybridized carbons (Fsp3) is 1.00. The first-order valence-corrected chi connectivity index (χ1v) is 2.67. The molecule has 1 saturated carbocycles. The highest BCUT2D eigenvalue weighted by Gasteiger charge is 2.78. The van der Waals surface area contributed by atoms with E-state index in [1.807, 2.05) is 0 Å². The zero-order chi connectivity index (χ0) is 3.78. The molecule has 3 aliphatic rings. The van der Waals surface area contributed by atoms with Crippen LogP contribution in [0.25, 0.3) is 0 Å². The Morgan fingerprint density at radius 3 is 2.67 bits per heavy atom. The fourth-order valence-corrected chi connectivity index (χ4v) is 1.88. The summed E-state index contributed by atoms with van der Waals surface area (Å²) in [6.45, 7) is 2.90. The lowest BCUT2D eigenvalue weighted by Crippen LogP contribution is -2.19. The molecule has 0 aromatic heterocycles. The van der Waals surface area contributed by atoms with Gasteiger partial charge in [-0.05, 0) is 12.3 Å². The van der Waals surface area contributed by atoms with Gasteiger partial charge in [0.1, 0.15) is 0 Å². The standard InChI is InChI=1S/C5H7N/c1-4-2-6-3-5(1,4)6/h4H,1-3H2/t4?,5-,6?/m1/s1. The van der Waals surface area contributed by atoms with Crippen LogP contribution in [0.5, 0.6) is 0 Å². The summed E-state index contributed by atoms with van der Waals surface area (Å²) in [5.41, 5.74) is 0.889. The van der Waals surface area contributed by atoms with E-state index in [2.05, 4.69) is 4.90 Å². The summed E-state index contributed by atoms with van der Waals surface area (Å²) in [7, 11) is 0. The van der Waals surface area contributed by atoms with Gasteiger partial charge in [-0.25, -0.2) is 0 Å². The molecule has 0 bridgehead atoms. The monoisotopic (exact) mass is 81.1 g/mol. The van der Waals surface area contributed by atoms with E-state index in [4.69, 9.17) is 0 Å². The maximum atomic E-state index is 2.57. The van der Waals surface area contributed by atoms with Gasteiger partial charge in [0.05, 0.1) is 0 Å². The van der Waals surface area contributed by atoms with Crippen molar-refractivity contribution in [3.63, 3.8) is 0 Å². The molecule has 0 aromatic carbocycles. The second kappa shape index (κ2) is 0.348. The molecular formula is C5H7N. The predicted octanol–water partition coefficient (Wildman–Crippen LogP) is 0.0743. The summed E-state index contributed by atoms with van der Waals surface area (Å²) in [5.74, 6) is 1.18. The molecule has 3 atom stereocenters. The molecule has 1 aliphatic carbocycles. The lowest BCUT2D eigenvalue weighted by Gasteiger charge is -2.07. The van der Waals surface area contributed by atoms with Crippen molar-refractivity contribution in [3.8, 4) is 0 Å². The number of piperidine rings is 1. The van der Waals surface area contributed by atoms with Crippen LogP contribution in [0.15, 0.2) is 0 Å². The molecule has 2 heterocycles. The normalized spacial score (nSPS) is 80.0. The van der Waals surface area contributed by atoms with Crippen molar-refractivity contribution in [2.24, 2.45) is 5.92 Å². The van der Waals surface area contributed by atoms with Gasteiger partial charge >= 0.3 is 0 Å². The Kier molecular flexibility index (Phi) is 0.134. The average molecular weight is 81.1 g/mol. The first-order chi connectivity index (χ1) is 2.92. The summed E-state index contributed by atoms with van der Waals surface area (Å²) in [6, 6.07) is 0. The summed E-state index contributed by atoms with van der Waals surface area (Å²) < 4.78 is 0. The predicted molar refractivity (Wildman–Crippen MR) is 22.4 cm³/mol. The zero-order valence-corrected chi connectivity index (χ0v) is 3.65. The topological polar surface area (TPSA) is 3.01 Å². The van der Waals surface area contributed by atoms with Gasteiger partial charge in [-0.15, -0.1) is 0 Å². The number of hydrogen-bond acceptors (Lipinski definition) is 1. The molecule has 0 amide bonds. The van der Waals surface area contributed by atoms with Crippen LogP contribution in [-0.4, -0.2) is 23.5 Å². The fourth-order valence-electron chi connectivity index (χ4n) is 1.88. The second-order valence-electron chi connectivity index (χ2n) is 2.89. The molecule has 3 rings (SSSR count). The third-order valence-corrected chi connectivity index (χ3v) is 2.63. The van der Waals surface area contributed by atoms with Gasteiger partial charge < -0.3 is 0 Å². The molecular weight excluding hydrogens is 74.1 g/mol. The Morgan fingerprint density at radius 1 is 1.67 bits per heavy atom. The van der Waals surface area contributed by atoms with Crippen molar-refractivity contribution >= 4 is 0 Å². The molecule has 2 unspecified atom stereocenters. The lowest BCUT2D eigenvalue weighted by molar-refractivity contribution is 0.370. The Bertz CT molecular complexity index is 101. The van der Waals surface area contributed by atoms with Crippen molar-refractivity contribution in [1.29, 1.82) is 0 Å². The number of nitrogens with zero attached hydrogens (tertiary/aromatic N) is 1. The average Bonchev–Trinajstić information content (AvgIpc) is 2.31. The van der Waals surface area contributed by atoms with E-state index >= 15 is 0 Å². The summed E-state index contributed by atoms with van der Waals surface area (Å²) >= 11 is 0. The van der Waals surface area contributed by atoms with Crippen LogP contribution in [0.1, 0.15) is 6.42 Å². The van der Waals surface area contributed by atoms with Crippen LogP contribution in [0.3, 0.4) is 0 Å². The molecule has 32 valence electrons. The molecule has 1 spiro atoms. The van der Waals surface area contributed by atoms with E-state index in [-0.39, 0.29) is 0 Å². The molecule has 2 saturated heterocycles. The van der Waals surface area contributed by atoms with Crippen molar-refractivity contribution in [1.82, 2.24) is 4.90 Å². The number of hydrogen-bond donors (Lipinski definition) is 0. The third kappa shape index (κ3) is 0.0719. The molecule has 1 nitrogen and oxygen atoms in total. The maximum absolute atomic E-state index is 2.57. The van der Waals surface area contributed by atoms with Crippen LogP contribution < -0.4 is 0 Å². The first kappa shape index (κ1) is 2.31. The third-order valence-electron chi connectivity index (χ3n) is 2.63. The van der Waals surface area contributed by atoms with Gasteiger partial charge in [-0.1, -0.05) is 0 Å². The minimum Gasteiger partial charge on any atom is -0.294 e. The molecule has 3 fully saturated rings. The molecule has 0 aromatic rings. The molecule has 6 heavy (non-hydrogen) atoms. The van der Waals surface area contributed by atoms with Crippen LogP contribution in [0, 0.1) is 5.92 Å². The minimum absolute atomic E-state index is 0.889. The van der Waals surface area contributed by atoms with Crippen molar-refractivity contribution in [2.75, 3.05) is 13.1 Å². The van der Waals surface area contributed by atoms with E-state index < -0.39 is 0 Å².